The lowest BCUT2D eigenvalue weighted by Crippen LogP contribution is -2.18. The standard InChI is InChI=1S/C14H18F3NO2/c1-4-8-5-10(20-14(16)17)13(15)12(7(2)3)9(8)6-11(18)19/h5,7,14H,4,6H2,1-3H3,(H2,18,19). The SMILES string of the molecule is CCc1cc(OC(F)F)c(F)c(C(C)C)c1CC(N)=O. The molecular formula is C14H18F3NO2. The number of rotatable bonds is 6. The zero-order valence-corrected chi connectivity index (χ0v) is 11.7. The number of carbonyl (C=O) groups excluding carboxylic acids is 1. The summed E-state index contributed by atoms with van der Waals surface area (Å²) in [7, 11) is 0. The lowest BCUT2D eigenvalue weighted by Gasteiger charge is -2.19. The second-order valence-electron chi connectivity index (χ2n) is 4.77. The van der Waals surface area contributed by atoms with Gasteiger partial charge >= 0.3 is 6.61 Å². The van der Waals surface area contributed by atoms with Crippen molar-refractivity contribution in [3.05, 3.63) is 28.6 Å². The lowest BCUT2D eigenvalue weighted by atomic mass is 9.89. The highest BCUT2D eigenvalue weighted by Crippen LogP contribution is 2.34. The molecule has 1 rings (SSSR count). The second-order valence-corrected chi connectivity index (χ2v) is 4.77. The zero-order valence-electron chi connectivity index (χ0n) is 11.7. The van der Waals surface area contributed by atoms with Gasteiger partial charge in [0.2, 0.25) is 5.91 Å². The number of primary amides is 1. The third-order valence-electron chi connectivity index (χ3n) is 3.00. The van der Waals surface area contributed by atoms with Gasteiger partial charge in [0.25, 0.3) is 0 Å². The molecule has 0 fully saturated rings. The molecule has 0 aromatic heterocycles. The van der Waals surface area contributed by atoms with Gasteiger partial charge in [-0.25, -0.2) is 4.39 Å². The first-order chi connectivity index (χ1) is 9.27. The van der Waals surface area contributed by atoms with E-state index in [2.05, 4.69) is 4.74 Å². The van der Waals surface area contributed by atoms with Gasteiger partial charge in [0, 0.05) is 0 Å². The molecule has 0 radical (unpaired) electrons. The molecule has 1 amide bonds. The third kappa shape index (κ3) is 3.65. The van der Waals surface area contributed by atoms with Gasteiger partial charge in [-0.15, -0.1) is 0 Å². The van der Waals surface area contributed by atoms with Crippen molar-refractivity contribution in [1.29, 1.82) is 0 Å². The van der Waals surface area contributed by atoms with E-state index in [1.807, 2.05) is 0 Å². The van der Waals surface area contributed by atoms with Crippen LogP contribution in [-0.4, -0.2) is 12.5 Å². The maximum absolute atomic E-state index is 14.3. The van der Waals surface area contributed by atoms with Crippen LogP contribution in [0.2, 0.25) is 0 Å². The first-order valence-electron chi connectivity index (χ1n) is 6.35. The molecule has 0 bridgehead atoms. The summed E-state index contributed by atoms with van der Waals surface area (Å²) < 4.78 is 43.1. The fourth-order valence-corrected chi connectivity index (χ4v) is 2.23. The molecule has 112 valence electrons. The van der Waals surface area contributed by atoms with Crippen molar-refractivity contribution >= 4 is 5.91 Å². The van der Waals surface area contributed by atoms with E-state index in [1.165, 1.54) is 6.07 Å². The summed E-state index contributed by atoms with van der Waals surface area (Å²) >= 11 is 0. The number of benzene rings is 1. The van der Waals surface area contributed by atoms with E-state index in [9.17, 15) is 18.0 Å². The summed E-state index contributed by atoms with van der Waals surface area (Å²) in [6, 6.07) is 1.21. The Kier molecular flexibility index (Phi) is 5.42. The smallest absolute Gasteiger partial charge is 0.387 e. The number of halogens is 3. The van der Waals surface area contributed by atoms with Crippen LogP contribution in [0.4, 0.5) is 13.2 Å². The van der Waals surface area contributed by atoms with E-state index < -0.39 is 24.1 Å². The summed E-state index contributed by atoms with van der Waals surface area (Å²) in [5.74, 6) is -2.22. The van der Waals surface area contributed by atoms with Crippen LogP contribution in [0.5, 0.6) is 5.75 Å². The average Bonchev–Trinajstić information content (AvgIpc) is 2.30. The Labute approximate surface area is 115 Å². The number of alkyl halides is 2. The molecule has 0 saturated carbocycles. The maximum Gasteiger partial charge on any atom is 0.387 e. The number of amides is 1. The van der Waals surface area contributed by atoms with Crippen LogP contribution in [0.3, 0.4) is 0 Å². The van der Waals surface area contributed by atoms with Crippen LogP contribution in [0.25, 0.3) is 0 Å². The quantitative estimate of drug-likeness (QED) is 0.874. The molecule has 0 saturated heterocycles. The Hall–Kier alpha value is -1.72. The van der Waals surface area contributed by atoms with Crippen LogP contribution >= 0.6 is 0 Å². The van der Waals surface area contributed by atoms with Crippen molar-refractivity contribution in [1.82, 2.24) is 0 Å². The molecule has 0 unspecified atom stereocenters. The lowest BCUT2D eigenvalue weighted by molar-refractivity contribution is -0.117. The average molecular weight is 289 g/mol. The van der Waals surface area contributed by atoms with Gasteiger partial charge < -0.3 is 10.5 Å². The Morgan fingerprint density at radius 1 is 1.40 bits per heavy atom. The van der Waals surface area contributed by atoms with Gasteiger partial charge in [-0.05, 0) is 35.1 Å². The van der Waals surface area contributed by atoms with Gasteiger partial charge in [0.1, 0.15) is 0 Å². The van der Waals surface area contributed by atoms with Crippen LogP contribution in [0.15, 0.2) is 6.07 Å². The number of hydrogen-bond donors (Lipinski definition) is 1. The molecule has 0 aliphatic carbocycles. The maximum atomic E-state index is 14.3. The van der Waals surface area contributed by atoms with Crippen LogP contribution in [0.1, 0.15) is 43.4 Å². The third-order valence-corrected chi connectivity index (χ3v) is 3.00. The van der Waals surface area contributed by atoms with Crippen LogP contribution in [0, 0.1) is 5.82 Å². The molecule has 1 aromatic rings. The van der Waals surface area contributed by atoms with Crippen molar-refractivity contribution in [3.8, 4) is 5.75 Å². The minimum absolute atomic E-state index is 0.122. The number of carbonyl (C=O) groups is 1. The van der Waals surface area contributed by atoms with Crippen molar-refractivity contribution in [2.45, 2.75) is 46.1 Å². The summed E-state index contributed by atoms with van der Waals surface area (Å²) in [5.41, 5.74) is 6.43. The van der Waals surface area contributed by atoms with Crippen molar-refractivity contribution in [2.24, 2.45) is 5.73 Å². The Balaban J connectivity index is 3.49. The van der Waals surface area contributed by atoms with Crippen LogP contribution in [-0.2, 0) is 17.6 Å². The van der Waals surface area contributed by atoms with E-state index in [0.29, 0.717) is 17.5 Å². The number of hydrogen-bond acceptors (Lipinski definition) is 2. The molecule has 1 aromatic carbocycles. The summed E-state index contributed by atoms with van der Waals surface area (Å²) in [6.07, 6.45) is 0.338. The fraction of sp³-hybridized carbons (Fsp3) is 0.500. The number of nitrogens with two attached hydrogens (primary N) is 1. The molecule has 3 nitrogen and oxygen atoms in total. The molecule has 20 heavy (non-hydrogen) atoms. The minimum atomic E-state index is -3.10. The predicted octanol–water partition coefficient (Wildman–Crippen LogP) is 3.14. The van der Waals surface area contributed by atoms with Gasteiger partial charge in [0.05, 0.1) is 6.42 Å². The highest BCUT2D eigenvalue weighted by atomic mass is 19.3. The largest absolute Gasteiger partial charge is 0.432 e. The Bertz CT molecular complexity index is 502. The van der Waals surface area contributed by atoms with Crippen LogP contribution < -0.4 is 10.5 Å². The molecule has 0 aliphatic rings. The van der Waals surface area contributed by atoms with E-state index in [0.717, 1.165) is 0 Å². The molecule has 0 aliphatic heterocycles. The van der Waals surface area contributed by atoms with E-state index >= 15 is 0 Å². The monoisotopic (exact) mass is 289 g/mol. The Morgan fingerprint density at radius 3 is 2.40 bits per heavy atom. The first kappa shape index (κ1) is 16.3. The highest BCUT2D eigenvalue weighted by molar-refractivity contribution is 5.77. The van der Waals surface area contributed by atoms with Gasteiger partial charge in [-0.1, -0.05) is 20.8 Å². The van der Waals surface area contributed by atoms with E-state index in [-0.39, 0.29) is 17.9 Å². The normalized spacial score (nSPS) is 11.2. The number of ether oxygens (including phenoxy) is 1. The van der Waals surface area contributed by atoms with E-state index in [4.69, 9.17) is 5.73 Å². The molecule has 0 atom stereocenters. The Morgan fingerprint density at radius 2 is 2.00 bits per heavy atom. The molecule has 6 heteroatoms. The van der Waals surface area contributed by atoms with Crippen molar-refractivity contribution in [2.75, 3.05) is 0 Å². The molecule has 0 spiro atoms. The van der Waals surface area contributed by atoms with Gasteiger partial charge in [-0.3, -0.25) is 4.79 Å². The van der Waals surface area contributed by atoms with Crippen molar-refractivity contribution in [3.63, 3.8) is 0 Å². The molecule has 2 N–H and O–H groups in total. The first-order valence-corrected chi connectivity index (χ1v) is 6.35. The predicted molar refractivity (Wildman–Crippen MR) is 69.4 cm³/mol. The molecule has 0 heterocycles. The topological polar surface area (TPSA) is 52.3 Å². The van der Waals surface area contributed by atoms with Gasteiger partial charge in [-0.2, -0.15) is 8.78 Å². The van der Waals surface area contributed by atoms with Crippen molar-refractivity contribution < 1.29 is 22.7 Å². The fourth-order valence-electron chi connectivity index (χ4n) is 2.23. The summed E-state index contributed by atoms with van der Waals surface area (Å²) in [6.45, 7) is 2.12. The second kappa shape index (κ2) is 6.63. The highest BCUT2D eigenvalue weighted by Gasteiger charge is 2.23. The van der Waals surface area contributed by atoms with E-state index in [1.54, 1.807) is 20.8 Å². The minimum Gasteiger partial charge on any atom is -0.432 e. The molecular weight excluding hydrogens is 271 g/mol. The van der Waals surface area contributed by atoms with Gasteiger partial charge in [0.15, 0.2) is 11.6 Å². The summed E-state index contributed by atoms with van der Waals surface area (Å²) in [5, 5.41) is 0. The summed E-state index contributed by atoms with van der Waals surface area (Å²) in [4.78, 5) is 11.1. The zero-order chi connectivity index (χ0) is 15.4. The number of aryl methyl sites for hydroxylation is 1.